The van der Waals surface area contributed by atoms with Gasteiger partial charge in [0.05, 0.1) is 0 Å². The maximum atomic E-state index is 12.4. The molecule has 2 heteroatoms. The number of amides is 1. The van der Waals surface area contributed by atoms with Crippen LogP contribution in [0, 0.1) is 17.8 Å². The van der Waals surface area contributed by atoms with E-state index in [1.54, 1.807) is 0 Å². The van der Waals surface area contributed by atoms with Gasteiger partial charge >= 0.3 is 0 Å². The summed E-state index contributed by atoms with van der Waals surface area (Å²) in [6, 6.07) is 0. The Balaban J connectivity index is 1.40. The van der Waals surface area contributed by atoms with E-state index in [4.69, 9.17) is 0 Å². The average Bonchev–Trinajstić information content (AvgIpc) is 2.75. The van der Waals surface area contributed by atoms with Crippen molar-refractivity contribution in [2.75, 3.05) is 6.54 Å². The van der Waals surface area contributed by atoms with E-state index in [1.165, 1.54) is 51.4 Å². The molecule has 0 aromatic heterocycles. The van der Waals surface area contributed by atoms with Crippen molar-refractivity contribution >= 4 is 5.91 Å². The van der Waals surface area contributed by atoms with Gasteiger partial charge in [0.1, 0.15) is 0 Å². The Bertz CT molecular complexity index is 324. The van der Waals surface area contributed by atoms with E-state index in [-0.39, 0.29) is 0 Å². The van der Waals surface area contributed by atoms with Crippen molar-refractivity contribution in [2.24, 2.45) is 17.8 Å². The minimum atomic E-state index is 0.379. The molecule has 16 heavy (non-hydrogen) atoms. The van der Waals surface area contributed by atoms with Crippen molar-refractivity contribution in [3.8, 4) is 0 Å². The largest absolute Gasteiger partial charge is 0.337 e. The summed E-state index contributed by atoms with van der Waals surface area (Å²) in [5.74, 6) is 2.69. The van der Waals surface area contributed by atoms with E-state index in [0.717, 1.165) is 18.4 Å². The maximum Gasteiger partial charge on any atom is 0.226 e. The predicted octanol–water partition coefficient (Wildman–Crippen LogP) is 2.58. The first-order valence-electron chi connectivity index (χ1n) is 7.12. The second-order valence-corrected chi connectivity index (χ2v) is 6.51. The molecule has 0 N–H and O–H groups in total. The molecule has 4 aliphatic rings. The van der Waals surface area contributed by atoms with E-state index in [2.05, 4.69) is 4.90 Å². The smallest absolute Gasteiger partial charge is 0.226 e. The molecule has 2 atom stereocenters. The van der Waals surface area contributed by atoms with Crippen LogP contribution in [0.25, 0.3) is 0 Å². The van der Waals surface area contributed by atoms with Crippen LogP contribution in [0.4, 0.5) is 0 Å². The monoisotopic (exact) mass is 219 g/mol. The molecule has 1 amide bonds. The Labute approximate surface area is 97.4 Å². The molecule has 0 unspecified atom stereocenters. The summed E-state index contributed by atoms with van der Waals surface area (Å²) < 4.78 is 0. The predicted molar refractivity (Wildman–Crippen MR) is 61.9 cm³/mol. The van der Waals surface area contributed by atoms with Crippen LogP contribution in [-0.4, -0.2) is 22.9 Å². The summed E-state index contributed by atoms with van der Waals surface area (Å²) in [5.41, 5.74) is 0.379. The van der Waals surface area contributed by atoms with Crippen molar-refractivity contribution in [3.05, 3.63) is 0 Å². The first-order valence-corrected chi connectivity index (χ1v) is 7.12. The van der Waals surface area contributed by atoms with Gasteiger partial charge in [-0.05, 0) is 43.9 Å². The van der Waals surface area contributed by atoms with Gasteiger partial charge in [0.2, 0.25) is 5.91 Å². The fraction of sp³-hybridized carbons (Fsp3) is 0.929. The van der Waals surface area contributed by atoms with Gasteiger partial charge < -0.3 is 4.90 Å². The Morgan fingerprint density at radius 2 is 1.94 bits per heavy atom. The molecule has 88 valence electrons. The summed E-state index contributed by atoms with van der Waals surface area (Å²) in [4.78, 5) is 14.6. The Morgan fingerprint density at radius 1 is 1.12 bits per heavy atom. The molecule has 0 radical (unpaired) electrons. The van der Waals surface area contributed by atoms with Gasteiger partial charge in [-0.25, -0.2) is 0 Å². The molecule has 1 aliphatic heterocycles. The van der Waals surface area contributed by atoms with Gasteiger partial charge in [0.25, 0.3) is 0 Å². The second kappa shape index (κ2) is 3.02. The summed E-state index contributed by atoms with van der Waals surface area (Å²) in [6.45, 7) is 1.06. The Morgan fingerprint density at radius 3 is 2.38 bits per heavy atom. The lowest BCUT2D eigenvalue weighted by atomic mass is 9.67. The first kappa shape index (κ1) is 9.49. The van der Waals surface area contributed by atoms with Gasteiger partial charge in [-0.2, -0.15) is 0 Å². The highest BCUT2D eigenvalue weighted by molar-refractivity contribution is 5.83. The number of nitrogens with zero attached hydrogens (tertiary/aromatic N) is 1. The highest BCUT2D eigenvalue weighted by Crippen LogP contribution is 2.55. The zero-order valence-electron chi connectivity index (χ0n) is 9.95. The van der Waals surface area contributed by atoms with Gasteiger partial charge in [-0.3, -0.25) is 4.79 Å². The summed E-state index contributed by atoms with van der Waals surface area (Å²) in [5, 5.41) is 0. The fourth-order valence-corrected chi connectivity index (χ4v) is 4.08. The average molecular weight is 219 g/mol. The van der Waals surface area contributed by atoms with E-state index in [0.29, 0.717) is 17.4 Å². The number of hydrogen-bond acceptors (Lipinski definition) is 1. The van der Waals surface area contributed by atoms with E-state index >= 15 is 0 Å². The molecule has 0 aromatic carbocycles. The van der Waals surface area contributed by atoms with Crippen molar-refractivity contribution in [2.45, 2.75) is 56.9 Å². The molecular weight excluding hydrogens is 198 g/mol. The van der Waals surface area contributed by atoms with Crippen molar-refractivity contribution < 1.29 is 4.79 Å². The van der Waals surface area contributed by atoms with Crippen LogP contribution in [0.1, 0.15) is 51.4 Å². The van der Waals surface area contributed by atoms with Crippen molar-refractivity contribution in [1.29, 1.82) is 0 Å². The van der Waals surface area contributed by atoms with Gasteiger partial charge in [0, 0.05) is 18.0 Å². The molecule has 1 spiro atoms. The van der Waals surface area contributed by atoms with Gasteiger partial charge in [-0.15, -0.1) is 0 Å². The number of likely N-dealkylation sites (tertiary alicyclic amines) is 1. The fourth-order valence-electron chi connectivity index (χ4n) is 4.08. The third kappa shape index (κ3) is 1.11. The van der Waals surface area contributed by atoms with Crippen LogP contribution < -0.4 is 0 Å². The van der Waals surface area contributed by atoms with Gasteiger partial charge in [0.15, 0.2) is 0 Å². The molecule has 4 rings (SSSR count). The quantitative estimate of drug-likeness (QED) is 0.699. The number of rotatable bonds is 2. The number of hydrogen-bond donors (Lipinski definition) is 0. The third-order valence-corrected chi connectivity index (χ3v) is 5.84. The summed E-state index contributed by atoms with van der Waals surface area (Å²) in [6.07, 6.45) is 10.7. The lowest BCUT2D eigenvalue weighted by Gasteiger charge is -2.58. The van der Waals surface area contributed by atoms with E-state index in [1.807, 2.05) is 0 Å². The normalized spacial score (nSPS) is 39.9. The summed E-state index contributed by atoms with van der Waals surface area (Å²) >= 11 is 0. The first-order chi connectivity index (χ1) is 7.80. The van der Waals surface area contributed by atoms with E-state index in [9.17, 15) is 4.79 Å². The Kier molecular flexibility index (Phi) is 1.79. The Hall–Kier alpha value is -0.530. The topological polar surface area (TPSA) is 20.3 Å². The molecule has 3 aliphatic carbocycles. The number of carbonyl (C=O) groups excluding carboxylic acids is 1. The molecule has 3 saturated carbocycles. The maximum absolute atomic E-state index is 12.4. The zero-order valence-corrected chi connectivity index (χ0v) is 9.95. The lowest BCUT2D eigenvalue weighted by Crippen LogP contribution is -2.66. The van der Waals surface area contributed by atoms with Crippen LogP contribution in [0.2, 0.25) is 0 Å². The van der Waals surface area contributed by atoms with E-state index < -0.39 is 0 Å². The molecular formula is C14H21NO. The highest BCUT2D eigenvalue weighted by Gasteiger charge is 2.57. The van der Waals surface area contributed by atoms with Crippen LogP contribution in [-0.2, 0) is 4.79 Å². The summed E-state index contributed by atoms with van der Waals surface area (Å²) in [7, 11) is 0. The molecule has 0 bridgehead atoms. The van der Waals surface area contributed by atoms with Crippen LogP contribution >= 0.6 is 0 Å². The van der Waals surface area contributed by atoms with Crippen LogP contribution in [0.3, 0.4) is 0 Å². The molecule has 4 fully saturated rings. The standard InChI is InChI=1S/C14H21NO/c16-13(12-9-11(12)10-3-1-4-10)15-8-7-14(15)5-2-6-14/h10-12H,1-9H2/t11-,12-/m1/s1. The van der Waals surface area contributed by atoms with Gasteiger partial charge in [-0.1, -0.05) is 19.3 Å². The van der Waals surface area contributed by atoms with Crippen LogP contribution in [0.5, 0.6) is 0 Å². The van der Waals surface area contributed by atoms with Crippen molar-refractivity contribution in [3.63, 3.8) is 0 Å². The lowest BCUT2D eigenvalue weighted by molar-refractivity contribution is -0.157. The highest BCUT2D eigenvalue weighted by atomic mass is 16.2. The second-order valence-electron chi connectivity index (χ2n) is 6.51. The molecule has 0 aromatic rings. The zero-order chi connectivity index (χ0) is 10.8. The minimum absolute atomic E-state index is 0.379. The minimum Gasteiger partial charge on any atom is -0.337 e. The molecule has 1 heterocycles. The SMILES string of the molecule is O=C([C@@H]1C[C@@H]1C1CCC1)N1CCC12CCC2. The van der Waals surface area contributed by atoms with Crippen molar-refractivity contribution in [1.82, 2.24) is 4.90 Å². The molecule has 2 nitrogen and oxygen atoms in total. The third-order valence-electron chi connectivity index (χ3n) is 5.84. The number of carbonyl (C=O) groups is 1. The van der Waals surface area contributed by atoms with Crippen LogP contribution in [0.15, 0.2) is 0 Å². The molecule has 1 saturated heterocycles.